The Hall–Kier alpha value is -1.02. The van der Waals surface area contributed by atoms with Crippen LogP contribution < -0.4 is 4.90 Å². The molecule has 112 valence electrons. The fourth-order valence-corrected chi connectivity index (χ4v) is 3.27. The number of anilines is 1. The summed E-state index contributed by atoms with van der Waals surface area (Å²) in [5.41, 5.74) is 4.23. The fraction of sp³-hybridized carbons (Fsp3) is 0.667. The van der Waals surface area contributed by atoms with Gasteiger partial charge in [-0.15, -0.1) is 0 Å². The van der Waals surface area contributed by atoms with E-state index in [0.29, 0.717) is 5.92 Å². The zero-order valence-corrected chi connectivity index (χ0v) is 13.2. The average molecular weight is 275 g/mol. The summed E-state index contributed by atoms with van der Waals surface area (Å²) in [5, 5.41) is 9.64. The van der Waals surface area contributed by atoms with E-state index in [1.54, 1.807) is 0 Å². The molecule has 0 amide bonds. The topological polar surface area (TPSA) is 23.5 Å². The van der Waals surface area contributed by atoms with Crippen LogP contribution in [0.3, 0.4) is 0 Å². The second-order valence-electron chi connectivity index (χ2n) is 6.32. The molecule has 2 rings (SSSR count). The van der Waals surface area contributed by atoms with Gasteiger partial charge < -0.3 is 10.0 Å². The van der Waals surface area contributed by atoms with Gasteiger partial charge in [-0.1, -0.05) is 19.4 Å². The summed E-state index contributed by atoms with van der Waals surface area (Å²) in [4.78, 5) is 2.35. The van der Waals surface area contributed by atoms with Crippen molar-refractivity contribution in [2.45, 2.75) is 64.4 Å². The molecular formula is C18H29NO. The van der Waals surface area contributed by atoms with E-state index in [9.17, 15) is 5.11 Å². The summed E-state index contributed by atoms with van der Waals surface area (Å²) in [6.07, 6.45) is 6.61. The molecule has 1 saturated carbocycles. The van der Waals surface area contributed by atoms with Crippen molar-refractivity contribution in [2.24, 2.45) is 0 Å². The first-order chi connectivity index (χ1) is 9.61. The van der Waals surface area contributed by atoms with Crippen molar-refractivity contribution in [2.75, 3.05) is 18.5 Å². The van der Waals surface area contributed by atoms with Gasteiger partial charge >= 0.3 is 0 Å². The third-order valence-electron chi connectivity index (χ3n) is 4.68. The number of aryl methyl sites for hydroxylation is 1. The SMILES string of the molecule is CCCCN(C)c1ccc(C2CCC(O)CC2)c(C)c1. The molecule has 1 aliphatic rings. The fourth-order valence-electron chi connectivity index (χ4n) is 3.27. The van der Waals surface area contributed by atoms with Crippen LogP contribution in [0.4, 0.5) is 5.69 Å². The largest absolute Gasteiger partial charge is 0.393 e. The molecule has 2 nitrogen and oxygen atoms in total. The van der Waals surface area contributed by atoms with Crippen molar-refractivity contribution >= 4 is 5.69 Å². The van der Waals surface area contributed by atoms with Gasteiger partial charge in [-0.05, 0) is 68.2 Å². The molecule has 1 aromatic rings. The molecule has 0 aliphatic heterocycles. The van der Waals surface area contributed by atoms with Crippen LogP contribution in [-0.4, -0.2) is 24.8 Å². The normalized spacial score (nSPS) is 22.8. The highest BCUT2D eigenvalue weighted by Gasteiger charge is 2.22. The summed E-state index contributed by atoms with van der Waals surface area (Å²) in [7, 11) is 2.18. The predicted octanol–water partition coefficient (Wildman–Crippen LogP) is 4.25. The zero-order chi connectivity index (χ0) is 14.5. The van der Waals surface area contributed by atoms with Crippen molar-refractivity contribution in [3.63, 3.8) is 0 Å². The molecule has 1 aromatic carbocycles. The molecule has 0 heterocycles. The van der Waals surface area contributed by atoms with Gasteiger partial charge in [0.1, 0.15) is 0 Å². The molecule has 1 aliphatic carbocycles. The van der Waals surface area contributed by atoms with Crippen molar-refractivity contribution in [1.82, 2.24) is 0 Å². The molecule has 0 bridgehead atoms. The number of benzene rings is 1. The number of rotatable bonds is 5. The molecule has 0 spiro atoms. The molecule has 0 atom stereocenters. The summed E-state index contributed by atoms with van der Waals surface area (Å²) in [6, 6.07) is 6.91. The summed E-state index contributed by atoms with van der Waals surface area (Å²) in [6.45, 7) is 5.60. The maximum absolute atomic E-state index is 9.64. The Labute approximate surface area is 123 Å². The van der Waals surface area contributed by atoms with Crippen LogP contribution in [0.25, 0.3) is 0 Å². The van der Waals surface area contributed by atoms with Crippen molar-refractivity contribution < 1.29 is 5.11 Å². The van der Waals surface area contributed by atoms with Crippen molar-refractivity contribution in [3.05, 3.63) is 29.3 Å². The molecule has 2 heteroatoms. The quantitative estimate of drug-likeness (QED) is 0.868. The van der Waals surface area contributed by atoms with Crippen LogP contribution in [0.15, 0.2) is 18.2 Å². The van der Waals surface area contributed by atoms with Crippen LogP contribution >= 0.6 is 0 Å². The Bertz CT molecular complexity index is 421. The van der Waals surface area contributed by atoms with E-state index in [-0.39, 0.29) is 6.10 Å². The van der Waals surface area contributed by atoms with Crippen LogP contribution in [0, 0.1) is 6.92 Å². The van der Waals surface area contributed by atoms with Crippen LogP contribution in [0.2, 0.25) is 0 Å². The number of nitrogens with zero attached hydrogens (tertiary/aromatic N) is 1. The Morgan fingerprint density at radius 2 is 1.90 bits per heavy atom. The highest BCUT2D eigenvalue weighted by Crippen LogP contribution is 2.35. The summed E-state index contributed by atoms with van der Waals surface area (Å²) in [5.74, 6) is 0.647. The molecule has 0 radical (unpaired) electrons. The van der Waals surface area contributed by atoms with E-state index in [2.05, 4.69) is 44.0 Å². The number of unbranched alkanes of at least 4 members (excludes halogenated alkanes) is 1. The van der Waals surface area contributed by atoms with Gasteiger partial charge in [0.25, 0.3) is 0 Å². The minimum atomic E-state index is -0.0639. The summed E-state index contributed by atoms with van der Waals surface area (Å²) < 4.78 is 0. The van der Waals surface area contributed by atoms with Crippen LogP contribution in [0.5, 0.6) is 0 Å². The highest BCUT2D eigenvalue weighted by molar-refractivity contribution is 5.51. The molecular weight excluding hydrogens is 246 g/mol. The van der Waals surface area contributed by atoms with Gasteiger partial charge in [-0.3, -0.25) is 0 Å². The lowest BCUT2D eigenvalue weighted by Gasteiger charge is -2.28. The molecule has 0 unspecified atom stereocenters. The maximum Gasteiger partial charge on any atom is 0.0540 e. The van der Waals surface area contributed by atoms with Crippen LogP contribution in [0.1, 0.15) is 62.5 Å². The number of aliphatic hydroxyl groups excluding tert-OH is 1. The minimum absolute atomic E-state index is 0.0639. The van der Waals surface area contributed by atoms with Gasteiger partial charge in [-0.2, -0.15) is 0 Å². The molecule has 1 N–H and O–H groups in total. The number of aliphatic hydroxyl groups is 1. The standard InChI is InChI=1S/C18H29NO/c1-4-5-12-19(3)16-8-11-18(14(2)13-16)15-6-9-17(20)10-7-15/h8,11,13,15,17,20H,4-7,9-10,12H2,1-3H3. The van der Waals surface area contributed by atoms with E-state index >= 15 is 0 Å². The van der Waals surface area contributed by atoms with Gasteiger partial charge in [-0.25, -0.2) is 0 Å². The van der Waals surface area contributed by atoms with E-state index < -0.39 is 0 Å². The van der Waals surface area contributed by atoms with Gasteiger partial charge in [0, 0.05) is 19.3 Å². The second kappa shape index (κ2) is 7.12. The Morgan fingerprint density at radius 1 is 1.20 bits per heavy atom. The van der Waals surface area contributed by atoms with Crippen molar-refractivity contribution in [1.29, 1.82) is 0 Å². The van der Waals surface area contributed by atoms with Gasteiger partial charge in [0.05, 0.1) is 6.10 Å². The minimum Gasteiger partial charge on any atom is -0.393 e. The summed E-state index contributed by atoms with van der Waals surface area (Å²) >= 11 is 0. The lowest BCUT2D eigenvalue weighted by Crippen LogP contribution is -2.19. The Morgan fingerprint density at radius 3 is 2.50 bits per heavy atom. The maximum atomic E-state index is 9.64. The zero-order valence-electron chi connectivity index (χ0n) is 13.2. The highest BCUT2D eigenvalue weighted by atomic mass is 16.3. The van der Waals surface area contributed by atoms with Gasteiger partial charge in [0.2, 0.25) is 0 Å². The number of hydrogen-bond donors (Lipinski definition) is 1. The van der Waals surface area contributed by atoms with Crippen molar-refractivity contribution in [3.8, 4) is 0 Å². The van der Waals surface area contributed by atoms with E-state index in [1.165, 1.54) is 29.7 Å². The Balaban J connectivity index is 2.05. The predicted molar refractivity (Wildman–Crippen MR) is 86.6 cm³/mol. The first-order valence-corrected chi connectivity index (χ1v) is 8.11. The van der Waals surface area contributed by atoms with E-state index in [4.69, 9.17) is 0 Å². The van der Waals surface area contributed by atoms with Crippen LogP contribution in [-0.2, 0) is 0 Å². The third-order valence-corrected chi connectivity index (χ3v) is 4.68. The van der Waals surface area contributed by atoms with E-state index in [0.717, 1.165) is 32.2 Å². The van der Waals surface area contributed by atoms with Gasteiger partial charge in [0.15, 0.2) is 0 Å². The molecule has 0 saturated heterocycles. The molecule has 0 aromatic heterocycles. The lowest BCUT2D eigenvalue weighted by atomic mass is 9.81. The average Bonchev–Trinajstić information content (AvgIpc) is 2.46. The van der Waals surface area contributed by atoms with E-state index in [1.807, 2.05) is 0 Å². The second-order valence-corrected chi connectivity index (χ2v) is 6.32. The molecule has 1 fully saturated rings. The third kappa shape index (κ3) is 3.76. The molecule has 20 heavy (non-hydrogen) atoms. The Kier molecular flexibility index (Phi) is 5.47. The monoisotopic (exact) mass is 275 g/mol. The number of hydrogen-bond acceptors (Lipinski definition) is 2. The smallest absolute Gasteiger partial charge is 0.0540 e. The first kappa shape index (κ1) is 15.4. The first-order valence-electron chi connectivity index (χ1n) is 8.11. The lowest BCUT2D eigenvalue weighted by molar-refractivity contribution is 0.122.